The number of hydrogen-bond acceptors (Lipinski definition) is 4. The largest absolute Gasteiger partial charge is 0.378 e. The highest BCUT2D eigenvalue weighted by Gasteiger charge is 2.40. The number of nitrogens with zero attached hydrogens (tertiary/aromatic N) is 1. The van der Waals surface area contributed by atoms with Crippen LogP contribution >= 0.6 is 11.6 Å². The molecule has 2 heterocycles. The number of dihydropyridines is 1. The van der Waals surface area contributed by atoms with Crippen molar-refractivity contribution in [2.45, 2.75) is 32.1 Å². The van der Waals surface area contributed by atoms with E-state index in [1.165, 1.54) is 0 Å². The highest BCUT2D eigenvalue weighted by atomic mass is 35.5. The summed E-state index contributed by atoms with van der Waals surface area (Å²) in [4.78, 5) is 28.1. The number of amides is 1. The Bertz CT molecular complexity index is 853. The second-order valence-electron chi connectivity index (χ2n) is 7.19. The number of hydrogen-bond donors (Lipinski definition) is 1. The third-order valence-electron chi connectivity index (χ3n) is 5.52. The zero-order chi connectivity index (χ0) is 19.0. The van der Waals surface area contributed by atoms with Crippen molar-refractivity contribution in [2.75, 3.05) is 26.3 Å². The maximum Gasteiger partial charge on any atom is 0.252 e. The van der Waals surface area contributed by atoms with Gasteiger partial charge in [0, 0.05) is 53.0 Å². The molecule has 1 amide bonds. The van der Waals surface area contributed by atoms with Gasteiger partial charge in [-0.1, -0.05) is 29.8 Å². The van der Waals surface area contributed by atoms with Crippen LogP contribution in [0.25, 0.3) is 0 Å². The SMILES string of the molecule is CC1=C(C(=O)N2CCOCC2)[C@@H](c2ccccc2Cl)C2=C(CCCC2=O)N1. The summed E-state index contributed by atoms with van der Waals surface area (Å²) in [7, 11) is 0. The number of benzene rings is 1. The van der Waals surface area contributed by atoms with Gasteiger partial charge in [-0.3, -0.25) is 9.59 Å². The van der Waals surface area contributed by atoms with E-state index in [9.17, 15) is 9.59 Å². The molecule has 5 nitrogen and oxygen atoms in total. The molecule has 1 saturated heterocycles. The minimum absolute atomic E-state index is 0.0434. The van der Waals surface area contributed by atoms with E-state index in [0.29, 0.717) is 48.9 Å². The van der Waals surface area contributed by atoms with Crippen molar-refractivity contribution in [3.63, 3.8) is 0 Å². The van der Waals surface area contributed by atoms with E-state index in [0.717, 1.165) is 29.8 Å². The smallest absolute Gasteiger partial charge is 0.252 e. The van der Waals surface area contributed by atoms with Crippen molar-refractivity contribution in [2.24, 2.45) is 0 Å². The number of carbonyl (C=O) groups excluding carboxylic acids is 2. The molecule has 1 aromatic carbocycles. The monoisotopic (exact) mass is 386 g/mol. The number of rotatable bonds is 2. The first-order chi connectivity index (χ1) is 13.1. The van der Waals surface area contributed by atoms with Crippen molar-refractivity contribution in [3.8, 4) is 0 Å². The van der Waals surface area contributed by atoms with Crippen LogP contribution in [0.5, 0.6) is 0 Å². The number of carbonyl (C=O) groups is 2. The van der Waals surface area contributed by atoms with E-state index in [1.54, 1.807) is 0 Å². The Labute approximate surface area is 164 Å². The fraction of sp³-hybridized carbons (Fsp3) is 0.429. The van der Waals surface area contributed by atoms with E-state index in [2.05, 4.69) is 5.32 Å². The van der Waals surface area contributed by atoms with E-state index >= 15 is 0 Å². The summed E-state index contributed by atoms with van der Waals surface area (Å²) in [5.41, 5.74) is 3.90. The predicted molar refractivity (Wildman–Crippen MR) is 103 cm³/mol. The van der Waals surface area contributed by atoms with Crippen molar-refractivity contribution >= 4 is 23.3 Å². The van der Waals surface area contributed by atoms with Crippen molar-refractivity contribution in [1.29, 1.82) is 0 Å². The first-order valence-corrected chi connectivity index (χ1v) is 9.81. The van der Waals surface area contributed by atoms with Gasteiger partial charge in [0.1, 0.15) is 0 Å². The third-order valence-corrected chi connectivity index (χ3v) is 5.87. The lowest BCUT2D eigenvalue weighted by Crippen LogP contribution is -2.44. The number of ketones is 1. The third kappa shape index (κ3) is 3.30. The predicted octanol–water partition coefficient (Wildman–Crippen LogP) is 3.17. The quantitative estimate of drug-likeness (QED) is 0.848. The molecule has 142 valence electrons. The molecule has 27 heavy (non-hydrogen) atoms. The van der Waals surface area contributed by atoms with Gasteiger partial charge in [0.25, 0.3) is 5.91 Å². The van der Waals surface area contributed by atoms with Gasteiger partial charge >= 0.3 is 0 Å². The normalized spacial score (nSPS) is 23.3. The fourth-order valence-electron chi connectivity index (χ4n) is 4.22. The Kier molecular flexibility index (Phi) is 5.06. The van der Waals surface area contributed by atoms with Crippen LogP contribution in [-0.2, 0) is 14.3 Å². The Hall–Kier alpha value is -2.11. The molecule has 0 saturated carbocycles. The topological polar surface area (TPSA) is 58.6 Å². The van der Waals surface area contributed by atoms with Gasteiger partial charge < -0.3 is 15.0 Å². The van der Waals surface area contributed by atoms with Crippen molar-refractivity contribution < 1.29 is 14.3 Å². The van der Waals surface area contributed by atoms with Gasteiger partial charge in [0.2, 0.25) is 0 Å². The first-order valence-electron chi connectivity index (χ1n) is 9.43. The van der Waals surface area contributed by atoms with Crippen LogP contribution < -0.4 is 5.32 Å². The lowest BCUT2D eigenvalue weighted by molar-refractivity contribution is -0.131. The lowest BCUT2D eigenvalue weighted by atomic mass is 9.75. The average molecular weight is 387 g/mol. The average Bonchev–Trinajstić information content (AvgIpc) is 2.68. The van der Waals surface area contributed by atoms with Gasteiger partial charge in [-0.25, -0.2) is 0 Å². The van der Waals surface area contributed by atoms with Crippen LogP contribution in [-0.4, -0.2) is 42.9 Å². The van der Waals surface area contributed by atoms with Crippen molar-refractivity contribution in [1.82, 2.24) is 10.2 Å². The van der Waals surface area contributed by atoms with Gasteiger partial charge in [-0.05, 0) is 31.4 Å². The van der Waals surface area contributed by atoms with Crippen LogP contribution in [0.1, 0.15) is 37.7 Å². The number of ether oxygens (including phenoxy) is 1. The Morgan fingerprint density at radius 2 is 1.96 bits per heavy atom. The summed E-state index contributed by atoms with van der Waals surface area (Å²) in [5, 5.41) is 3.93. The molecule has 1 N–H and O–H groups in total. The molecule has 2 aliphatic heterocycles. The highest BCUT2D eigenvalue weighted by Crippen LogP contribution is 2.44. The highest BCUT2D eigenvalue weighted by molar-refractivity contribution is 6.31. The summed E-state index contributed by atoms with van der Waals surface area (Å²) in [5.74, 6) is -0.357. The summed E-state index contributed by atoms with van der Waals surface area (Å²) < 4.78 is 5.39. The number of Topliss-reactive ketones (excluding diaryl/α,β-unsaturated/α-hetero) is 1. The molecule has 1 aliphatic carbocycles. The molecule has 1 aromatic rings. The second-order valence-corrected chi connectivity index (χ2v) is 7.60. The Balaban J connectivity index is 1.84. The Morgan fingerprint density at radius 1 is 1.22 bits per heavy atom. The minimum Gasteiger partial charge on any atom is -0.378 e. The molecule has 1 fully saturated rings. The molecule has 6 heteroatoms. The van der Waals surface area contributed by atoms with Crippen LogP contribution in [0, 0.1) is 0 Å². The van der Waals surface area contributed by atoms with Crippen LogP contribution in [0.2, 0.25) is 5.02 Å². The van der Waals surface area contributed by atoms with E-state index in [1.807, 2.05) is 36.1 Å². The molecule has 1 atom stereocenters. The lowest BCUT2D eigenvalue weighted by Gasteiger charge is -2.37. The zero-order valence-corrected chi connectivity index (χ0v) is 16.1. The first kappa shape index (κ1) is 18.3. The van der Waals surface area contributed by atoms with Crippen LogP contribution in [0.4, 0.5) is 0 Å². The molecule has 3 aliphatic rings. The van der Waals surface area contributed by atoms with E-state index < -0.39 is 5.92 Å². The summed E-state index contributed by atoms with van der Waals surface area (Å²) >= 11 is 6.52. The molecule has 0 radical (unpaired) electrons. The van der Waals surface area contributed by atoms with E-state index in [4.69, 9.17) is 16.3 Å². The molecule has 0 bridgehead atoms. The molecular formula is C21H23ClN2O3. The Morgan fingerprint density at radius 3 is 2.70 bits per heavy atom. The summed E-state index contributed by atoms with van der Waals surface area (Å²) in [6, 6.07) is 7.51. The van der Waals surface area contributed by atoms with Gasteiger partial charge in [-0.2, -0.15) is 0 Å². The second kappa shape index (κ2) is 7.49. The molecular weight excluding hydrogens is 364 g/mol. The number of halogens is 1. The van der Waals surface area contributed by atoms with Gasteiger partial charge in [0.05, 0.1) is 13.2 Å². The maximum atomic E-state index is 13.4. The standard InChI is InChI=1S/C21H23ClN2O3/c1-13-18(21(26)24-9-11-27-12-10-24)19(14-5-2-3-6-15(14)22)20-16(23-13)7-4-8-17(20)25/h2-3,5-6,19,23H,4,7-12H2,1H3/t19-/m1/s1. The molecule has 0 spiro atoms. The van der Waals surface area contributed by atoms with Gasteiger partial charge in [0.15, 0.2) is 5.78 Å². The van der Waals surface area contributed by atoms with Crippen LogP contribution in [0.15, 0.2) is 46.8 Å². The zero-order valence-electron chi connectivity index (χ0n) is 15.4. The van der Waals surface area contributed by atoms with E-state index in [-0.39, 0.29) is 11.7 Å². The summed E-state index contributed by atoms with van der Waals surface area (Å²) in [6.45, 7) is 4.11. The molecule has 0 unspecified atom stereocenters. The maximum absolute atomic E-state index is 13.4. The molecule has 0 aromatic heterocycles. The minimum atomic E-state index is -0.418. The number of allylic oxidation sites excluding steroid dienone is 3. The summed E-state index contributed by atoms with van der Waals surface area (Å²) in [6.07, 6.45) is 2.16. The van der Waals surface area contributed by atoms with Crippen molar-refractivity contribution in [3.05, 3.63) is 57.4 Å². The molecule has 4 rings (SSSR count). The van der Waals surface area contributed by atoms with Crippen LogP contribution in [0.3, 0.4) is 0 Å². The van der Waals surface area contributed by atoms with Gasteiger partial charge in [-0.15, -0.1) is 0 Å². The fourth-order valence-corrected chi connectivity index (χ4v) is 4.47. The number of nitrogens with one attached hydrogen (secondary N) is 1. The number of morpholine rings is 1.